The van der Waals surface area contributed by atoms with E-state index in [2.05, 4.69) is 10.2 Å². The van der Waals surface area contributed by atoms with Crippen LogP contribution in [-0.2, 0) is 14.8 Å². The number of piperazine rings is 1. The first-order valence-electron chi connectivity index (χ1n) is 7.78. The van der Waals surface area contributed by atoms with Crippen molar-refractivity contribution in [3.8, 4) is 0 Å². The second-order valence-corrected chi connectivity index (χ2v) is 8.67. The second-order valence-electron chi connectivity index (χ2n) is 5.59. The molecule has 0 saturated carbocycles. The number of nitrogens with two attached hydrogens (primary N) is 1. The number of thioether (sulfide) groups is 1. The fraction of sp³-hybridized carbons (Fsp3) is 0.533. The maximum Gasteiger partial charge on any atom is 0.234 e. The van der Waals surface area contributed by atoms with Crippen LogP contribution in [0.2, 0.25) is 0 Å². The van der Waals surface area contributed by atoms with Gasteiger partial charge in [0.15, 0.2) is 0 Å². The van der Waals surface area contributed by atoms with Gasteiger partial charge in [0.2, 0.25) is 15.9 Å². The molecule has 0 bridgehead atoms. The first-order valence-corrected chi connectivity index (χ1v) is 10.8. The van der Waals surface area contributed by atoms with E-state index in [1.807, 2.05) is 24.3 Å². The second kappa shape index (κ2) is 8.70. The van der Waals surface area contributed by atoms with Crippen molar-refractivity contribution in [1.29, 1.82) is 0 Å². The average Bonchev–Trinajstić information content (AvgIpc) is 2.55. The van der Waals surface area contributed by atoms with Crippen LogP contribution in [0.25, 0.3) is 0 Å². The first kappa shape index (κ1) is 19.0. The number of carbonyl (C=O) groups is 1. The SMILES string of the molecule is CS(=O)(=O)N1CCN(c2ccc(NC(=O)CSCCN)cc2)CC1. The van der Waals surface area contributed by atoms with Crippen LogP contribution in [-0.4, -0.2) is 69.1 Å². The molecule has 0 unspecified atom stereocenters. The molecule has 1 aromatic carbocycles. The van der Waals surface area contributed by atoms with Gasteiger partial charge in [0.25, 0.3) is 0 Å². The number of carbonyl (C=O) groups excluding carboxylic acids is 1. The minimum Gasteiger partial charge on any atom is -0.369 e. The highest BCUT2D eigenvalue weighted by Crippen LogP contribution is 2.20. The van der Waals surface area contributed by atoms with E-state index in [0.717, 1.165) is 17.1 Å². The zero-order chi connectivity index (χ0) is 17.6. The summed E-state index contributed by atoms with van der Waals surface area (Å²) in [6, 6.07) is 7.62. The number of hydrogen-bond donors (Lipinski definition) is 2. The number of rotatable bonds is 7. The zero-order valence-electron chi connectivity index (χ0n) is 13.8. The molecular formula is C15H24N4O3S2. The summed E-state index contributed by atoms with van der Waals surface area (Å²) in [6.07, 6.45) is 1.24. The summed E-state index contributed by atoms with van der Waals surface area (Å²) in [5.74, 6) is 1.13. The van der Waals surface area contributed by atoms with E-state index in [1.165, 1.54) is 22.3 Å². The summed E-state index contributed by atoms with van der Waals surface area (Å²) in [5.41, 5.74) is 7.18. The van der Waals surface area contributed by atoms with E-state index < -0.39 is 10.0 Å². The molecular weight excluding hydrogens is 348 g/mol. The Kier molecular flexibility index (Phi) is 6.90. The molecule has 7 nitrogen and oxygen atoms in total. The predicted molar refractivity (Wildman–Crippen MR) is 100 cm³/mol. The van der Waals surface area contributed by atoms with E-state index in [9.17, 15) is 13.2 Å². The lowest BCUT2D eigenvalue weighted by atomic mass is 10.2. The van der Waals surface area contributed by atoms with E-state index >= 15 is 0 Å². The van der Waals surface area contributed by atoms with Gasteiger partial charge in [0.05, 0.1) is 12.0 Å². The van der Waals surface area contributed by atoms with Gasteiger partial charge in [-0.05, 0) is 24.3 Å². The monoisotopic (exact) mass is 372 g/mol. The van der Waals surface area contributed by atoms with Gasteiger partial charge < -0.3 is 16.0 Å². The fourth-order valence-electron chi connectivity index (χ4n) is 2.48. The molecule has 3 N–H and O–H groups in total. The lowest BCUT2D eigenvalue weighted by Gasteiger charge is -2.34. The van der Waals surface area contributed by atoms with Crippen LogP contribution in [0.1, 0.15) is 0 Å². The van der Waals surface area contributed by atoms with Crippen molar-refractivity contribution in [2.45, 2.75) is 0 Å². The van der Waals surface area contributed by atoms with Gasteiger partial charge in [-0.1, -0.05) is 0 Å². The quantitative estimate of drug-likeness (QED) is 0.673. The molecule has 1 amide bonds. The molecule has 1 saturated heterocycles. The number of anilines is 2. The smallest absolute Gasteiger partial charge is 0.234 e. The minimum absolute atomic E-state index is 0.0389. The number of nitrogens with zero attached hydrogens (tertiary/aromatic N) is 2. The average molecular weight is 373 g/mol. The number of amides is 1. The Balaban J connectivity index is 1.85. The summed E-state index contributed by atoms with van der Waals surface area (Å²) < 4.78 is 24.6. The Bertz CT molecular complexity index is 641. The van der Waals surface area contributed by atoms with Crippen LogP contribution in [0.4, 0.5) is 11.4 Å². The molecule has 0 aromatic heterocycles. The zero-order valence-corrected chi connectivity index (χ0v) is 15.4. The Labute approximate surface area is 147 Å². The summed E-state index contributed by atoms with van der Waals surface area (Å²) in [7, 11) is -3.11. The molecule has 24 heavy (non-hydrogen) atoms. The van der Waals surface area contributed by atoms with Crippen molar-refractivity contribution in [2.24, 2.45) is 5.73 Å². The maximum absolute atomic E-state index is 11.8. The van der Waals surface area contributed by atoms with E-state index in [4.69, 9.17) is 5.73 Å². The van der Waals surface area contributed by atoms with Crippen LogP contribution in [0, 0.1) is 0 Å². The van der Waals surface area contributed by atoms with E-state index in [1.54, 1.807) is 0 Å². The molecule has 1 heterocycles. The van der Waals surface area contributed by atoms with Gasteiger partial charge >= 0.3 is 0 Å². The van der Waals surface area contributed by atoms with Crippen LogP contribution in [0.3, 0.4) is 0 Å². The van der Waals surface area contributed by atoms with E-state index in [0.29, 0.717) is 38.5 Å². The molecule has 1 aromatic rings. The van der Waals surface area contributed by atoms with Crippen LogP contribution in [0.15, 0.2) is 24.3 Å². The van der Waals surface area contributed by atoms with Gasteiger partial charge in [-0.25, -0.2) is 8.42 Å². The van der Waals surface area contributed by atoms with Crippen LogP contribution >= 0.6 is 11.8 Å². The van der Waals surface area contributed by atoms with Crippen molar-refractivity contribution in [1.82, 2.24) is 4.31 Å². The lowest BCUT2D eigenvalue weighted by molar-refractivity contribution is -0.113. The van der Waals surface area contributed by atoms with Crippen molar-refractivity contribution in [3.05, 3.63) is 24.3 Å². The van der Waals surface area contributed by atoms with Gasteiger partial charge in [0.1, 0.15) is 0 Å². The van der Waals surface area contributed by atoms with Gasteiger partial charge in [-0.3, -0.25) is 4.79 Å². The minimum atomic E-state index is -3.11. The number of benzene rings is 1. The van der Waals surface area contributed by atoms with E-state index in [-0.39, 0.29) is 5.91 Å². The predicted octanol–water partition coefficient (Wildman–Crippen LogP) is 0.399. The molecule has 1 aliphatic rings. The van der Waals surface area contributed by atoms with Crippen molar-refractivity contribution >= 4 is 39.1 Å². The normalized spacial score (nSPS) is 16.2. The Morgan fingerprint density at radius 2 is 1.83 bits per heavy atom. The summed E-state index contributed by atoms with van der Waals surface area (Å²) in [4.78, 5) is 13.9. The third-order valence-corrected chi connectivity index (χ3v) is 6.01. The molecule has 0 spiro atoms. The summed E-state index contributed by atoms with van der Waals surface area (Å²) in [5, 5.41) is 2.85. The summed E-state index contributed by atoms with van der Waals surface area (Å²) in [6.45, 7) is 2.88. The maximum atomic E-state index is 11.8. The van der Waals surface area contributed by atoms with Gasteiger partial charge in [-0.15, -0.1) is 0 Å². The molecule has 2 rings (SSSR count). The number of hydrogen-bond acceptors (Lipinski definition) is 6. The standard InChI is InChI=1S/C15H24N4O3S2/c1-24(21,22)19-9-7-18(8-10-19)14-4-2-13(3-5-14)17-15(20)12-23-11-6-16/h2-5H,6-12,16H2,1H3,(H,17,20). The molecule has 0 atom stereocenters. The number of nitrogens with one attached hydrogen (secondary N) is 1. The molecule has 0 aliphatic carbocycles. The molecule has 134 valence electrons. The van der Waals surface area contributed by atoms with Crippen molar-refractivity contribution < 1.29 is 13.2 Å². The van der Waals surface area contributed by atoms with Crippen LogP contribution < -0.4 is 16.0 Å². The Morgan fingerprint density at radius 1 is 1.21 bits per heavy atom. The molecule has 9 heteroatoms. The fourth-order valence-corrected chi connectivity index (χ4v) is 3.87. The largest absolute Gasteiger partial charge is 0.369 e. The molecule has 1 fully saturated rings. The van der Waals surface area contributed by atoms with Gasteiger partial charge in [0, 0.05) is 49.9 Å². The van der Waals surface area contributed by atoms with Crippen molar-refractivity contribution in [2.75, 3.05) is 60.7 Å². The lowest BCUT2D eigenvalue weighted by Crippen LogP contribution is -2.48. The van der Waals surface area contributed by atoms with Crippen molar-refractivity contribution in [3.63, 3.8) is 0 Å². The third-order valence-electron chi connectivity index (χ3n) is 3.72. The summed E-state index contributed by atoms with van der Waals surface area (Å²) >= 11 is 1.51. The Hall–Kier alpha value is -1.29. The molecule has 1 aliphatic heterocycles. The van der Waals surface area contributed by atoms with Gasteiger partial charge in [-0.2, -0.15) is 16.1 Å². The third kappa shape index (κ3) is 5.66. The highest BCUT2D eigenvalue weighted by molar-refractivity contribution is 7.99. The topological polar surface area (TPSA) is 95.7 Å². The Morgan fingerprint density at radius 3 is 2.38 bits per heavy atom. The van der Waals surface area contributed by atoms with Crippen LogP contribution in [0.5, 0.6) is 0 Å². The highest BCUT2D eigenvalue weighted by Gasteiger charge is 2.23. The highest BCUT2D eigenvalue weighted by atomic mass is 32.2. The first-order chi connectivity index (χ1) is 11.4. The number of sulfonamides is 1. The molecule has 0 radical (unpaired) electrons.